The quantitative estimate of drug-likeness (QED) is 0.579. The third-order valence-electron chi connectivity index (χ3n) is 5.15. The highest BCUT2D eigenvalue weighted by molar-refractivity contribution is 5.58. The van der Waals surface area contributed by atoms with Crippen LogP contribution in [0.1, 0.15) is 50.3 Å². The molecular formula is C22H27N5O3. The van der Waals surface area contributed by atoms with E-state index >= 15 is 0 Å². The molecule has 0 unspecified atom stereocenters. The van der Waals surface area contributed by atoms with Crippen LogP contribution in [0, 0.1) is 6.92 Å². The first-order valence-corrected chi connectivity index (χ1v) is 10.5. The van der Waals surface area contributed by atoms with E-state index in [9.17, 15) is 0 Å². The van der Waals surface area contributed by atoms with Crippen molar-refractivity contribution in [2.24, 2.45) is 0 Å². The van der Waals surface area contributed by atoms with Crippen LogP contribution in [0.25, 0.3) is 11.5 Å². The Balaban J connectivity index is 1.44. The van der Waals surface area contributed by atoms with Gasteiger partial charge in [0.2, 0.25) is 11.8 Å². The Labute approximate surface area is 176 Å². The third kappa shape index (κ3) is 4.87. The van der Waals surface area contributed by atoms with Crippen LogP contribution in [0.3, 0.4) is 0 Å². The van der Waals surface area contributed by atoms with Crippen molar-refractivity contribution in [1.82, 2.24) is 20.1 Å². The van der Waals surface area contributed by atoms with Crippen LogP contribution in [0.4, 0.5) is 5.95 Å². The second-order valence-electron chi connectivity index (χ2n) is 7.34. The number of aryl methyl sites for hydroxylation is 1. The smallest absolute Gasteiger partial charge is 0.226 e. The van der Waals surface area contributed by atoms with E-state index in [4.69, 9.17) is 14.0 Å². The largest absolute Gasteiger partial charge is 0.489 e. The highest BCUT2D eigenvalue weighted by Crippen LogP contribution is 2.28. The number of ether oxygens (including phenoxy) is 2. The molecule has 0 saturated heterocycles. The Morgan fingerprint density at radius 1 is 1.13 bits per heavy atom. The molecular weight excluding hydrogens is 382 g/mol. The molecule has 1 aliphatic rings. The van der Waals surface area contributed by atoms with Gasteiger partial charge in [0.15, 0.2) is 5.76 Å². The number of nitrogens with one attached hydrogen (secondary N) is 1. The van der Waals surface area contributed by atoms with Gasteiger partial charge in [0.05, 0.1) is 24.6 Å². The molecule has 3 aromatic heterocycles. The Hall–Kier alpha value is -3.16. The van der Waals surface area contributed by atoms with E-state index in [1.807, 2.05) is 26.0 Å². The van der Waals surface area contributed by atoms with Gasteiger partial charge in [-0.15, -0.1) is 0 Å². The van der Waals surface area contributed by atoms with Crippen molar-refractivity contribution in [3.05, 3.63) is 41.9 Å². The summed E-state index contributed by atoms with van der Waals surface area (Å²) < 4.78 is 17.1. The SMILES string of the molecule is CCOc1ccnc(NCc2c(C)noc2-c2ccc(OC3CCCCC3)cn2)n1. The normalized spacial score (nSPS) is 14.5. The Bertz CT molecular complexity index is 952. The van der Waals surface area contributed by atoms with Gasteiger partial charge in [-0.25, -0.2) is 9.97 Å². The molecule has 0 amide bonds. The molecule has 4 rings (SSSR count). The lowest BCUT2D eigenvalue weighted by atomic mass is 9.98. The lowest BCUT2D eigenvalue weighted by Crippen LogP contribution is -2.19. The number of nitrogens with zero attached hydrogens (tertiary/aromatic N) is 4. The zero-order valence-electron chi connectivity index (χ0n) is 17.4. The average molecular weight is 409 g/mol. The van der Waals surface area contributed by atoms with E-state index < -0.39 is 0 Å². The Morgan fingerprint density at radius 2 is 2.00 bits per heavy atom. The summed E-state index contributed by atoms with van der Waals surface area (Å²) in [4.78, 5) is 13.1. The van der Waals surface area contributed by atoms with Crippen LogP contribution in [0.5, 0.6) is 11.6 Å². The maximum absolute atomic E-state index is 6.07. The van der Waals surface area contributed by atoms with Gasteiger partial charge in [-0.1, -0.05) is 11.6 Å². The molecule has 8 heteroatoms. The van der Waals surface area contributed by atoms with Crippen molar-refractivity contribution in [3.8, 4) is 23.1 Å². The minimum Gasteiger partial charge on any atom is -0.489 e. The third-order valence-corrected chi connectivity index (χ3v) is 5.15. The number of anilines is 1. The molecule has 0 radical (unpaired) electrons. The predicted octanol–water partition coefficient (Wildman–Crippen LogP) is 4.56. The molecule has 0 aliphatic heterocycles. The number of rotatable bonds is 8. The van der Waals surface area contributed by atoms with Crippen molar-refractivity contribution >= 4 is 5.95 Å². The van der Waals surface area contributed by atoms with Gasteiger partial charge in [0.1, 0.15) is 11.4 Å². The van der Waals surface area contributed by atoms with E-state index in [0.29, 0.717) is 42.5 Å². The van der Waals surface area contributed by atoms with Crippen LogP contribution in [-0.2, 0) is 6.54 Å². The van der Waals surface area contributed by atoms with Crippen LogP contribution in [-0.4, -0.2) is 32.8 Å². The molecule has 1 aliphatic carbocycles. The van der Waals surface area contributed by atoms with Gasteiger partial charge in [0.25, 0.3) is 0 Å². The zero-order valence-corrected chi connectivity index (χ0v) is 17.4. The predicted molar refractivity (Wildman–Crippen MR) is 112 cm³/mol. The second kappa shape index (κ2) is 9.56. The molecule has 1 fully saturated rings. The molecule has 8 nitrogen and oxygen atoms in total. The summed E-state index contributed by atoms with van der Waals surface area (Å²) in [5.74, 6) is 2.44. The lowest BCUT2D eigenvalue weighted by Gasteiger charge is -2.22. The van der Waals surface area contributed by atoms with E-state index in [0.717, 1.165) is 29.8 Å². The lowest BCUT2D eigenvalue weighted by molar-refractivity contribution is 0.154. The van der Waals surface area contributed by atoms with Gasteiger partial charge in [-0.3, -0.25) is 0 Å². The number of pyridine rings is 1. The molecule has 1 saturated carbocycles. The topological polar surface area (TPSA) is 95.2 Å². The van der Waals surface area contributed by atoms with E-state index in [1.54, 1.807) is 18.5 Å². The van der Waals surface area contributed by atoms with Crippen molar-refractivity contribution in [2.45, 2.75) is 58.6 Å². The van der Waals surface area contributed by atoms with Crippen molar-refractivity contribution < 1.29 is 14.0 Å². The summed E-state index contributed by atoms with van der Waals surface area (Å²) in [5, 5.41) is 7.32. The van der Waals surface area contributed by atoms with Gasteiger partial charge in [0, 0.05) is 24.4 Å². The number of hydrogen-bond acceptors (Lipinski definition) is 8. The number of aromatic nitrogens is 4. The number of hydrogen-bond donors (Lipinski definition) is 1. The maximum Gasteiger partial charge on any atom is 0.226 e. The van der Waals surface area contributed by atoms with E-state index in [-0.39, 0.29) is 0 Å². The van der Waals surface area contributed by atoms with Crippen molar-refractivity contribution in [2.75, 3.05) is 11.9 Å². The monoisotopic (exact) mass is 409 g/mol. The van der Waals surface area contributed by atoms with E-state index in [1.165, 1.54) is 19.3 Å². The molecule has 1 N–H and O–H groups in total. The molecule has 0 aromatic carbocycles. The first-order valence-electron chi connectivity index (χ1n) is 10.5. The fourth-order valence-corrected chi connectivity index (χ4v) is 3.58. The molecule has 158 valence electrons. The first-order chi connectivity index (χ1) is 14.7. The summed E-state index contributed by atoms with van der Waals surface area (Å²) in [5.41, 5.74) is 2.42. The Morgan fingerprint density at radius 3 is 2.77 bits per heavy atom. The highest BCUT2D eigenvalue weighted by atomic mass is 16.5. The van der Waals surface area contributed by atoms with Gasteiger partial charge in [-0.2, -0.15) is 4.98 Å². The summed E-state index contributed by atoms with van der Waals surface area (Å²) in [6.45, 7) is 4.84. The molecule has 0 atom stereocenters. The van der Waals surface area contributed by atoms with Crippen LogP contribution >= 0.6 is 0 Å². The maximum atomic E-state index is 6.07. The van der Waals surface area contributed by atoms with Crippen molar-refractivity contribution in [3.63, 3.8) is 0 Å². The fourth-order valence-electron chi connectivity index (χ4n) is 3.58. The minimum absolute atomic E-state index is 0.297. The first kappa shape index (κ1) is 20.1. The molecule has 3 aromatic rings. The second-order valence-corrected chi connectivity index (χ2v) is 7.34. The molecule has 0 spiro atoms. The summed E-state index contributed by atoms with van der Waals surface area (Å²) in [6.07, 6.45) is 9.73. The minimum atomic E-state index is 0.297. The van der Waals surface area contributed by atoms with Crippen LogP contribution in [0.15, 0.2) is 35.1 Å². The Kier molecular flexibility index (Phi) is 6.41. The van der Waals surface area contributed by atoms with Crippen LogP contribution < -0.4 is 14.8 Å². The summed E-state index contributed by atoms with van der Waals surface area (Å²) >= 11 is 0. The van der Waals surface area contributed by atoms with Gasteiger partial charge >= 0.3 is 0 Å². The molecule has 3 heterocycles. The average Bonchev–Trinajstić information content (AvgIpc) is 3.14. The van der Waals surface area contributed by atoms with Gasteiger partial charge < -0.3 is 19.3 Å². The zero-order chi connectivity index (χ0) is 20.8. The highest BCUT2D eigenvalue weighted by Gasteiger charge is 2.18. The summed E-state index contributed by atoms with van der Waals surface area (Å²) in [6, 6.07) is 5.58. The van der Waals surface area contributed by atoms with E-state index in [2.05, 4.69) is 25.4 Å². The van der Waals surface area contributed by atoms with Crippen molar-refractivity contribution in [1.29, 1.82) is 0 Å². The summed E-state index contributed by atoms with van der Waals surface area (Å²) in [7, 11) is 0. The molecule has 0 bridgehead atoms. The molecule has 30 heavy (non-hydrogen) atoms. The fraction of sp³-hybridized carbons (Fsp3) is 0.455. The standard InChI is InChI=1S/C22H27N5O3/c1-3-28-20-11-12-23-22(26-20)25-14-18-15(2)27-30-21(18)19-10-9-17(13-24-19)29-16-7-5-4-6-8-16/h9-13,16H,3-8,14H2,1-2H3,(H,23,25,26). The van der Waals surface area contributed by atoms with Crippen LogP contribution in [0.2, 0.25) is 0 Å². The van der Waals surface area contributed by atoms with Gasteiger partial charge in [-0.05, 0) is 51.7 Å².